The van der Waals surface area contributed by atoms with Gasteiger partial charge in [0.05, 0.1) is 12.6 Å². The second-order valence-corrected chi connectivity index (χ2v) is 10.3. The number of hydrogen-bond donors (Lipinski definition) is 1. The van der Waals surface area contributed by atoms with Crippen molar-refractivity contribution in [1.29, 1.82) is 0 Å². The van der Waals surface area contributed by atoms with Crippen LogP contribution in [0, 0.1) is 6.92 Å². The predicted octanol–water partition coefficient (Wildman–Crippen LogP) is 4.04. The van der Waals surface area contributed by atoms with E-state index in [1.807, 2.05) is 66.4 Å². The van der Waals surface area contributed by atoms with Crippen molar-refractivity contribution in [3.05, 3.63) is 95.7 Å². The van der Waals surface area contributed by atoms with Crippen molar-refractivity contribution in [2.75, 3.05) is 37.7 Å². The smallest absolute Gasteiger partial charge is 0.410 e. The number of benzene rings is 2. The van der Waals surface area contributed by atoms with Crippen LogP contribution in [-0.2, 0) is 16.1 Å². The van der Waals surface area contributed by atoms with E-state index in [9.17, 15) is 9.59 Å². The first kappa shape index (κ1) is 28.9. The lowest BCUT2D eigenvalue weighted by Gasteiger charge is -2.41. The van der Waals surface area contributed by atoms with Gasteiger partial charge in [0.25, 0.3) is 0 Å². The molecule has 3 heterocycles. The Kier molecular flexibility index (Phi) is 9.50. The lowest BCUT2D eigenvalue weighted by atomic mass is 10.1. The normalized spacial score (nSPS) is 14.9. The summed E-state index contributed by atoms with van der Waals surface area (Å²) < 4.78 is 13.0. The van der Waals surface area contributed by atoms with Crippen LogP contribution in [0.25, 0.3) is 5.95 Å². The number of halogens is 1. The third kappa shape index (κ3) is 7.76. The van der Waals surface area contributed by atoms with Crippen molar-refractivity contribution in [2.45, 2.75) is 26.0 Å². The van der Waals surface area contributed by atoms with E-state index in [-0.39, 0.29) is 24.1 Å². The third-order valence-electron chi connectivity index (χ3n) is 6.79. The summed E-state index contributed by atoms with van der Waals surface area (Å²) in [6.07, 6.45) is 4.55. The van der Waals surface area contributed by atoms with Gasteiger partial charge < -0.3 is 24.6 Å². The molecule has 11 nitrogen and oxygen atoms in total. The van der Waals surface area contributed by atoms with Gasteiger partial charge in [-0.2, -0.15) is 4.98 Å². The number of carbonyl (C=O) groups excluding carboxylic acids is 2. The van der Waals surface area contributed by atoms with Crippen molar-refractivity contribution in [1.82, 2.24) is 29.7 Å². The maximum absolute atomic E-state index is 13.2. The van der Waals surface area contributed by atoms with Crippen LogP contribution in [0.5, 0.6) is 5.75 Å². The number of nitrogens with one attached hydrogen (secondary N) is 1. The molecule has 1 aliphatic heterocycles. The number of ether oxygens (including phenoxy) is 2. The van der Waals surface area contributed by atoms with E-state index in [0.29, 0.717) is 44.6 Å². The third-order valence-corrected chi connectivity index (χ3v) is 6.98. The molecule has 2 aromatic heterocycles. The molecule has 1 fully saturated rings. The van der Waals surface area contributed by atoms with Gasteiger partial charge >= 0.3 is 6.09 Å². The van der Waals surface area contributed by atoms with Crippen LogP contribution >= 0.6 is 11.6 Å². The van der Waals surface area contributed by atoms with E-state index >= 15 is 0 Å². The first-order valence-electron chi connectivity index (χ1n) is 13.7. The van der Waals surface area contributed by atoms with Gasteiger partial charge in [0, 0.05) is 44.5 Å². The number of hydrogen-bond acceptors (Lipinski definition) is 8. The molecule has 1 aliphatic rings. The molecular weight excluding hydrogens is 558 g/mol. The molecule has 2 amide bonds. The molecule has 42 heavy (non-hydrogen) atoms. The number of anilines is 1. The largest absolute Gasteiger partial charge is 0.492 e. The first-order valence-corrected chi connectivity index (χ1v) is 14.0. The Hall–Kier alpha value is -4.64. The van der Waals surface area contributed by atoms with Crippen LogP contribution in [0.15, 0.2) is 79.4 Å². The zero-order valence-electron chi connectivity index (χ0n) is 23.2. The van der Waals surface area contributed by atoms with E-state index < -0.39 is 12.1 Å². The van der Waals surface area contributed by atoms with Crippen molar-refractivity contribution < 1.29 is 19.1 Å². The maximum atomic E-state index is 13.2. The van der Waals surface area contributed by atoms with Gasteiger partial charge in [-0.15, -0.1) is 0 Å². The van der Waals surface area contributed by atoms with E-state index in [0.717, 1.165) is 16.9 Å². The van der Waals surface area contributed by atoms with Gasteiger partial charge in [-0.3, -0.25) is 9.36 Å². The molecule has 1 N–H and O–H groups in total. The van der Waals surface area contributed by atoms with Crippen LogP contribution in [0.4, 0.5) is 10.6 Å². The van der Waals surface area contributed by atoms with Gasteiger partial charge in [0.15, 0.2) is 0 Å². The summed E-state index contributed by atoms with van der Waals surface area (Å²) in [5.41, 5.74) is 2.03. The lowest BCUT2D eigenvalue weighted by molar-refractivity contribution is -0.122. The SMILES string of the molecule is Cc1ccc(OCCNC(=O)CC2CN(c3cc(Cl)nc(-n4ccnc4)n3)CCN2C(=O)OCc2ccccc2)cc1. The molecular formula is C30H32ClN7O4. The number of amides is 2. The number of nitrogens with zero attached hydrogens (tertiary/aromatic N) is 6. The first-order chi connectivity index (χ1) is 20.4. The van der Waals surface area contributed by atoms with E-state index in [4.69, 9.17) is 21.1 Å². The summed E-state index contributed by atoms with van der Waals surface area (Å²) in [6.45, 7) is 3.97. The second kappa shape index (κ2) is 13.8. The van der Waals surface area contributed by atoms with Crippen molar-refractivity contribution >= 4 is 29.4 Å². The maximum Gasteiger partial charge on any atom is 0.410 e. The van der Waals surface area contributed by atoms with E-state index in [1.165, 1.54) is 0 Å². The highest BCUT2D eigenvalue weighted by molar-refractivity contribution is 6.29. The number of aryl methyl sites for hydroxylation is 1. The molecule has 1 unspecified atom stereocenters. The second-order valence-electron chi connectivity index (χ2n) is 9.87. The van der Waals surface area contributed by atoms with Gasteiger partial charge in [-0.1, -0.05) is 59.6 Å². The van der Waals surface area contributed by atoms with Crippen molar-refractivity contribution in [3.63, 3.8) is 0 Å². The molecule has 2 aromatic carbocycles. The van der Waals surface area contributed by atoms with Crippen LogP contribution in [0.1, 0.15) is 17.5 Å². The fourth-order valence-corrected chi connectivity index (χ4v) is 4.78. The molecule has 12 heteroatoms. The zero-order chi connectivity index (χ0) is 29.3. The van der Waals surface area contributed by atoms with Crippen LogP contribution < -0.4 is 15.0 Å². The minimum Gasteiger partial charge on any atom is -0.492 e. The Morgan fingerprint density at radius 3 is 2.64 bits per heavy atom. The fraction of sp³-hybridized carbons (Fsp3) is 0.300. The minimum absolute atomic E-state index is 0.0780. The van der Waals surface area contributed by atoms with Crippen LogP contribution in [0.3, 0.4) is 0 Å². The minimum atomic E-state index is -0.473. The summed E-state index contributed by atoms with van der Waals surface area (Å²) >= 11 is 6.34. The highest BCUT2D eigenvalue weighted by Gasteiger charge is 2.34. The Morgan fingerprint density at radius 1 is 1.07 bits per heavy atom. The molecule has 1 saturated heterocycles. The molecule has 218 valence electrons. The van der Waals surface area contributed by atoms with E-state index in [1.54, 1.807) is 34.3 Å². The quantitative estimate of drug-likeness (QED) is 0.218. The molecule has 5 rings (SSSR count). The number of aromatic nitrogens is 4. The predicted molar refractivity (Wildman–Crippen MR) is 158 cm³/mol. The average Bonchev–Trinajstić information content (AvgIpc) is 3.55. The molecule has 0 bridgehead atoms. The molecule has 4 aromatic rings. The van der Waals surface area contributed by atoms with E-state index in [2.05, 4.69) is 20.3 Å². The summed E-state index contributed by atoms with van der Waals surface area (Å²) in [5, 5.41) is 3.18. The highest BCUT2D eigenvalue weighted by Crippen LogP contribution is 2.23. The Labute approximate surface area is 249 Å². The van der Waals surface area contributed by atoms with Crippen LogP contribution in [0.2, 0.25) is 5.15 Å². The zero-order valence-corrected chi connectivity index (χ0v) is 24.0. The Bertz CT molecular complexity index is 1470. The summed E-state index contributed by atoms with van der Waals surface area (Å²) in [6, 6.07) is 18.4. The summed E-state index contributed by atoms with van der Waals surface area (Å²) in [7, 11) is 0. The lowest BCUT2D eigenvalue weighted by Crippen LogP contribution is -2.57. The van der Waals surface area contributed by atoms with Crippen molar-refractivity contribution in [3.8, 4) is 11.7 Å². The summed E-state index contributed by atoms with van der Waals surface area (Å²) in [5.74, 6) is 1.51. The monoisotopic (exact) mass is 589 g/mol. The number of carbonyl (C=O) groups is 2. The van der Waals surface area contributed by atoms with Gasteiger partial charge in [0.2, 0.25) is 11.9 Å². The van der Waals surface area contributed by atoms with Gasteiger partial charge in [-0.25, -0.2) is 14.8 Å². The number of rotatable bonds is 10. The standard InChI is InChI=1S/C30H32ClN7O4/c1-22-7-9-25(10-8-22)41-16-12-33-28(39)17-24-19-36(27-18-26(31)34-29(35-27)37-13-11-32-21-37)14-15-38(24)30(40)42-20-23-5-3-2-4-6-23/h2-11,13,18,21,24H,12,14-17,19-20H2,1H3,(H,33,39). The summed E-state index contributed by atoms with van der Waals surface area (Å²) in [4.78, 5) is 42.8. The molecule has 0 saturated carbocycles. The molecule has 0 spiro atoms. The Balaban J connectivity index is 1.24. The van der Waals surface area contributed by atoms with Crippen molar-refractivity contribution in [2.24, 2.45) is 0 Å². The number of piperazine rings is 1. The molecule has 0 aliphatic carbocycles. The molecule has 1 atom stereocenters. The highest BCUT2D eigenvalue weighted by atomic mass is 35.5. The Morgan fingerprint density at radius 2 is 1.88 bits per heavy atom. The van der Waals surface area contributed by atoms with Gasteiger partial charge in [0.1, 0.15) is 36.3 Å². The van der Waals surface area contributed by atoms with Crippen LogP contribution in [-0.4, -0.2) is 75.2 Å². The topological polar surface area (TPSA) is 115 Å². The number of imidazole rings is 1. The molecule has 0 radical (unpaired) electrons. The average molecular weight is 590 g/mol. The fourth-order valence-electron chi connectivity index (χ4n) is 4.61. The van der Waals surface area contributed by atoms with Gasteiger partial charge in [-0.05, 0) is 24.6 Å².